The Hall–Kier alpha value is -3.42. The zero-order valence-corrected chi connectivity index (χ0v) is 16.7. The van der Waals surface area contributed by atoms with Crippen LogP contribution in [0.4, 0.5) is 16.2 Å². The van der Waals surface area contributed by atoms with Crippen molar-refractivity contribution >= 4 is 23.3 Å². The molecule has 1 heterocycles. The summed E-state index contributed by atoms with van der Waals surface area (Å²) >= 11 is 0. The summed E-state index contributed by atoms with van der Waals surface area (Å²) in [4.78, 5) is 27.2. The molecule has 1 aliphatic heterocycles. The molecule has 0 saturated carbocycles. The van der Waals surface area contributed by atoms with E-state index in [0.29, 0.717) is 41.6 Å². The number of nitrogens with one attached hydrogen (secondary N) is 2. The van der Waals surface area contributed by atoms with Crippen molar-refractivity contribution < 1.29 is 23.8 Å². The lowest BCUT2D eigenvalue weighted by molar-refractivity contribution is -0.119. The van der Waals surface area contributed by atoms with Gasteiger partial charge in [0.2, 0.25) is 5.91 Å². The Labute approximate surface area is 169 Å². The molecule has 0 bridgehead atoms. The number of urea groups is 1. The maximum absolute atomic E-state index is 12.9. The molecule has 0 spiro atoms. The SMILES string of the molecule is COc1cccc(NC(=O)N2CCC[C@H]2C(=O)Nc2cc(OC)ccc2OC)c1. The topological polar surface area (TPSA) is 89.1 Å². The molecule has 0 aromatic heterocycles. The van der Waals surface area contributed by atoms with E-state index in [9.17, 15) is 9.59 Å². The first-order valence-electron chi connectivity index (χ1n) is 9.30. The van der Waals surface area contributed by atoms with E-state index in [0.717, 1.165) is 6.42 Å². The van der Waals surface area contributed by atoms with Crippen molar-refractivity contribution in [3.8, 4) is 17.2 Å². The number of methoxy groups -OCH3 is 3. The Kier molecular flexibility index (Phi) is 6.43. The van der Waals surface area contributed by atoms with E-state index >= 15 is 0 Å². The fraction of sp³-hybridized carbons (Fsp3) is 0.333. The van der Waals surface area contributed by atoms with E-state index in [1.807, 2.05) is 0 Å². The predicted molar refractivity (Wildman–Crippen MR) is 110 cm³/mol. The highest BCUT2D eigenvalue weighted by Gasteiger charge is 2.34. The normalized spacial score (nSPS) is 15.6. The Morgan fingerprint density at radius 3 is 2.45 bits per heavy atom. The van der Waals surface area contributed by atoms with Crippen molar-refractivity contribution in [2.45, 2.75) is 18.9 Å². The number of hydrogen-bond acceptors (Lipinski definition) is 5. The Balaban J connectivity index is 1.71. The highest BCUT2D eigenvalue weighted by Crippen LogP contribution is 2.30. The molecular weight excluding hydrogens is 374 g/mol. The lowest BCUT2D eigenvalue weighted by Crippen LogP contribution is -2.45. The monoisotopic (exact) mass is 399 g/mol. The van der Waals surface area contributed by atoms with Gasteiger partial charge >= 0.3 is 6.03 Å². The van der Waals surface area contributed by atoms with Crippen molar-refractivity contribution in [2.75, 3.05) is 38.5 Å². The second-order valence-electron chi connectivity index (χ2n) is 6.57. The number of ether oxygens (including phenoxy) is 3. The number of benzene rings is 2. The minimum Gasteiger partial charge on any atom is -0.497 e. The highest BCUT2D eigenvalue weighted by atomic mass is 16.5. The predicted octanol–water partition coefficient (Wildman–Crippen LogP) is 3.35. The standard InChI is InChI=1S/C21H25N3O5/c1-27-15-7-4-6-14(12-15)22-21(26)24-11-5-8-18(24)20(25)23-17-13-16(28-2)9-10-19(17)29-3/h4,6-7,9-10,12-13,18H,5,8,11H2,1-3H3,(H,22,26)(H,23,25)/t18-/m0/s1. The van der Waals surface area contributed by atoms with Crippen LogP contribution in [-0.2, 0) is 4.79 Å². The quantitative estimate of drug-likeness (QED) is 0.778. The Morgan fingerprint density at radius 2 is 1.72 bits per heavy atom. The summed E-state index contributed by atoms with van der Waals surface area (Å²) in [5.74, 6) is 1.49. The molecule has 3 rings (SSSR count). The first-order valence-corrected chi connectivity index (χ1v) is 9.30. The van der Waals surface area contributed by atoms with Gasteiger partial charge < -0.3 is 29.7 Å². The molecule has 0 aliphatic carbocycles. The van der Waals surface area contributed by atoms with Crippen molar-refractivity contribution in [3.63, 3.8) is 0 Å². The third kappa shape index (κ3) is 4.71. The molecular formula is C21H25N3O5. The molecule has 29 heavy (non-hydrogen) atoms. The van der Waals surface area contributed by atoms with Gasteiger partial charge in [-0.1, -0.05) is 6.07 Å². The molecule has 8 nitrogen and oxygen atoms in total. The van der Waals surface area contributed by atoms with Gasteiger partial charge in [-0.3, -0.25) is 4.79 Å². The van der Waals surface area contributed by atoms with Crippen LogP contribution >= 0.6 is 0 Å². The van der Waals surface area contributed by atoms with Crippen molar-refractivity contribution in [2.24, 2.45) is 0 Å². The average molecular weight is 399 g/mol. The molecule has 1 saturated heterocycles. The number of rotatable bonds is 6. The number of carbonyl (C=O) groups is 2. The zero-order valence-electron chi connectivity index (χ0n) is 16.7. The fourth-order valence-corrected chi connectivity index (χ4v) is 3.31. The van der Waals surface area contributed by atoms with Gasteiger partial charge in [0, 0.05) is 24.4 Å². The zero-order chi connectivity index (χ0) is 20.8. The van der Waals surface area contributed by atoms with Crippen LogP contribution in [0.15, 0.2) is 42.5 Å². The second-order valence-corrected chi connectivity index (χ2v) is 6.57. The fourth-order valence-electron chi connectivity index (χ4n) is 3.31. The summed E-state index contributed by atoms with van der Waals surface area (Å²) in [7, 11) is 4.64. The van der Waals surface area contributed by atoms with Gasteiger partial charge in [-0.2, -0.15) is 0 Å². The van der Waals surface area contributed by atoms with Crippen LogP contribution in [0.3, 0.4) is 0 Å². The van der Waals surface area contributed by atoms with Crippen LogP contribution in [0, 0.1) is 0 Å². The number of nitrogens with zero attached hydrogens (tertiary/aromatic N) is 1. The summed E-state index contributed by atoms with van der Waals surface area (Å²) in [6.07, 6.45) is 1.34. The lowest BCUT2D eigenvalue weighted by atomic mass is 10.2. The summed E-state index contributed by atoms with van der Waals surface area (Å²) in [5.41, 5.74) is 1.10. The van der Waals surface area contributed by atoms with Gasteiger partial charge in [0.15, 0.2) is 0 Å². The van der Waals surface area contributed by atoms with E-state index in [1.54, 1.807) is 61.6 Å². The molecule has 1 aliphatic rings. The van der Waals surface area contributed by atoms with Crippen LogP contribution in [-0.4, -0.2) is 50.8 Å². The second kappa shape index (κ2) is 9.18. The van der Waals surface area contributed by atoms with Gasteiger partial charge in [0.1, 0.15) is 23.3 Å². The van der Waals surface area contributed by atoms with Gasteiger partial charge in [-0.25, -0.2) is 4.79 Å². The smallest absolute Gasteiger partial charge is 0.322 e. The van der Waals surface area contributed by atoms with E-state index in [1.165, 1.54) is 7.11 Å². The molecule has 154 valence electrons. The number of amides is 3. The third-order valence-corrected chi connectivity index (χ3v) is 4.80. The van der Waals surface area contributed by atoms with E-state index in [4.69, 9.17) is 14.2 Å². The number of hydrogen-bond donors (Lipinski definition) is 2. The molecule has 2 aromatic rings. The van der Waals surface area contributed by atoms with E-state index in [2.05, 4.69) is 10.6 Å². The van der Waals surface area contributed by atoms with Gasteiger partial charge in [-0.05, 0) is 37.1 Å². The molecule has 1 fully saturated rings. The first kappa shape index (κ1) is 20.3. The van der Waals surface area contributed by atoms with Crippen molar-refractivity contribution in [1.82, 2.24) is 4.90 Å². The number of likely N-dealkylation sites (tertiary alicyclic amines) is 1. The van der Waals surface area contributed by atoms with Crippen molar-refractivity contribution in [3.05, 3.63) is 42.5 Å². The number of carbonyl (C=O) groups excluding carboxylic acids is 2. The molecule has 1 atom stereocenters. The van der Waals surface area contributed by atoms with E-state index < -0.39 is 6.04 Å². The molecule has 2 aromatic carbocycles. The van der Waals surface area contributed by atoms with E-state index in [-0.39, 0.29) is 11.9 Å². The van der Waals surface area contributed by atoms with Crippen LogP contribution in [0.1, 0.15) is 12.8 Å². The van der Waals surface area contributed by atoms with Gasteiger partial charge in [-0.15, -0.1) is 0 Å². The maximum Gasteiger partial charge on any atom is 0.322 e. The summed E-state index contributed by atoms with van der Waals surface area (Å²) in [6.45, 7) is 0.503. The minimum absolute atomic E-state index is 0.269. The first-order chi connectivity index (χ1) is 14.0. The maximum atomic E-state index is 12.9. The van der Waals surface area contributed by atoms with Crippen LogP contribution in [0.2, 0.25) is 0 Å². The molecule has 0 radical (unpaired) electrons. The van der Waals surface area contributed by atoms with Crippen LogP contribution < -0.4 is 24.8 Å². The summed E-state index contributed by atoms with van der Waals surface area (Å²) in [6, 6.07) is 11.3. The summed E-state index contributed by atoms with van der Waals surface area (Å²) in [5, 5.41) is 5.69. The molecule has 8 heteroatoms. The van der Waals surface area contributed by atoms with Crippen LogP contribution in [0.25, 0.3) is 0 Å². The Bertz CT molecular complexity index is 886. The summed E-state index contributed by atoms with van der Waals surface area (Å²) < 4.78 is 15.7. The largest absolute Gasteiger partial charge is 0.497 e. The lowest BCUT2D eigenvalue weighted by Gasteiger charge is -2.24. The van der Waals surface area contributed by atoms with Gasteiger partial charge in [0.25, 0.3) is 0 Å². The third-order valence-electron chi connectivity index (χ3n) is 4.80. The van der Waals surface area contributed by atoms with Gasteiger partial charge in [0.05, 0.1) is 27.0 Å². The highest BCUT2D eigenvalue weighted by molar-refractivity contribution is 6.00. The molecule has 2 N–H and O–H groups in total. The van der Waals surface area contributed by atoms with Crippen molar-refractivity contribution in [1.29, 1.82) is 0 Å². The average Bonchev–Trinajstić information content (AvgIpc) is 3.24. The van der Waals surface area contributed by atoms with Crippen LogP contribution in [0.5, 0.6) is 17.2 Å². The molecule has 0 unspecified atom stereocenters. The Morgan fingerprint density at radius 1 is 0.966 bits per heavy atom. The minimum atomic E-state index is -0.573. The number of anilines is 2. The molecule has 3 amide bonds.